The number of hydrogen-bond acceptors (Lipinski definition) is 3. The summed E-state index contributed by atoms with van der Waals surface area (Å²) in [5.74, 6) is 0.369. The summed E-state index contributed by atoms with van der Waals surface area (Å²) in [5.41, 5.74) is 7.49. The summed E-state index contributed by atoms with van der Waals surface area (Å²) in [6.07, 6.45) is 0. The number of hydrogen-bond donors (Lipinski definition) is 2. The maximum absolute atomic E-state index is 5.88. The lowest BCUT2D eigenvalue weighted by atomic mass is 10.1. The van der Waals surface area contributed by atoms with Crippen molar-refractivity contribution in [3.63, 3.8) is 0 Å². The molecule has 0 atom stereocenters. The van der Waals surface area contributed by atoms with Gasteiger partial charge in [-0.2, -0.15) is 0 Å². The molecule has 114 valence electrons. The minimum absolute atomic E-state index is 0. The first-order valence-electron chi connectivity index (χ1n) is 6.17. The molecule has 5 nitrogen and oxygen atoms in total. The van der Waals surface area contributed by atoms with E-state index in [1.54, 1.807) is 14.2 Å². The highest BCUT2D eigenvalue weighted by Crippen LogP contribution is 2.15. The quantitative estimate of drug-likeness (QED) is 0.443. The van der Waals surface area contributed by atoms with Crippen LogP contribution < -0.4 is 11.1 Å². The summed E-state index contributed by atoms with van der Waals surface area (Å²) in [6, 6.07) is 7.82. The predicted molar refractivity (Wildman–Crippen MR) is 93.8 cm³/mol. The molecule has 1 rings (SSSR count). The maximum atomic E-state index is 5.88. The van der Waals surface area contributed by atoms with Gasteiger partial charge in [-0.1, -0.05) is 18.2 Å². The van der Waals surface area contributed by atoms with Crippen LogP contribution in [0.15, 0.2) is 29.3 Å². The third-order valence-corrected chi connectivity index (χ3v) is 2.76. The lowest BCUT2D eigenvalue weighted by molar-refractivity contribution is 0.0312. The molecular weight excluding hydrogens is 369 g/mol. The third kappa shape index (κ3) is 6.53. The van der Waals surface area contributed by atoms with Gasteiger partial charge in [-0.3, -0.25) is 4.99 Å². The first-order valence-corrected chi connectivity index (χ1v) is 6.17. The fourth-order valence-corrected chi connectivity index (χ4v) is 1.44. The van der Waals surface area contributed by atoms with Crippen molar-refractivity contribution < 1.29 is 9.47 Å². The Morgan fingerprint density at radius 2 is 1.95 bits per heavy atom. The SMILES string of the molecule is COCc1ccccc1NC(N)=NCC(C)(C)OC.I. The zero-order valence-electron chi connectivity index (χ0n) is 12.5. The highest BCUT2D eigenvalue weighted by molar-refractivity contribution is 14.0. The molecule has 0 aliphatic carbocycles. The monoisotopic (exact) mass is 393 g/mol. The van der Waals surface area contributed by atoms with E-state index in [2.05, 4.69) is 10.3 Å². The zero-order chi connectivity index (χ0) is 14.3. The highest BCUT2D eigenvalue weighted by Gasteiger charge is 2.15. The zero-order valence-corrected chi connectivity index (χ0v) is 14.8. The van der Waals surface area contributed by atoms with Gasteiger partial charge in [0.2, 0.25) is 0 Å². The number of methoxy groups -OCH3 is 2. The van der Waals surface area contributed by atoms with Crippen LogP contribution in [0.2, 0.25) is 0 Å². The van der Waals surface area contributed by atoms with Gasteiger partial charge >= 0.3 is 0 Å². The summed E-state index contributed by atoms with van der Waals surface area (Å²) < 4.78 is 10.4. The van der Waals surface area contributed by atoms with Crippen molar-refractivity contribution in [1.82, 2.24) is 0 Å². The number of anilines is 1. The Kier molecular flexibility index (Phi) is 8.75. The summed E-state index contributed by atoms with van der Waals surface area (Å²) in [5, 5.41) is 3.08. The van der Waals surface area contributed by atoms with E-state index in [9.17, 15) is 0 Å². The minimum atomic E-state index is -0.321. The van der Waals surface area contributed by atoms with Gasteiger partial charge in [-0.25, -0.2) is 0 Å². The third-order valence-electron chi connectivity index (χ3n) is 2.76. The molecule has 0 amide bonds. The Labute approximate surface area is 138 Å². The molecule has 0 bridgehead atoms. The molecule has 6 heteroatoms. The van der Waals surface area contributed by atoms with Gasteiger partial charge in [0, 0.05) is 25.5 Å². The van der Waals surface area contributed by atoms with Crippen molar-refractivity contribution in [2.24, 2.45) is 10.7 Å². The average molecular weight is 393 g/mol. The van der Waals surface area contributed by atoms with Crippen LogP contribution in [0.3, 0.4) is 0 Å². The van der Waals surface area contributed by atoms with Crippen molar-refractivity contribution in [2.75, 3.05) is 26.1 Å². The van der Waals surface area contributed by atoms with Gasteiger partial charge in [0.1, 0.15) is 0 Å². The topological polar surface area (TPSA) is 68.9 Å². The first-order chi connectivity index (χ1) is 8.98. The lowest BCUT2D eigenvalue weighted by Gasteiger charge is -2.20. The van der Waals surface area contributed by atoms with Crippen molar-refractivity contribution >= 4 is 35.6 Å². The standard InChI is InChI=1S/C14H23N3O2.HI/c1-14(2,19-4)10-16-13(15)17-12-8-6-5-7-11(12)9-18-3;/h5-8H,9-10H2,1-4H3,(H3,15,16,17);1H. The Balaban J connectivity index is 0.00000361. The van der Waals surface area contributed by atoms with Crippen LogP contribution >= 0.6 is 24.0 Å². The molecule has 0 saturated carbocycles. The van der Waals surface area contributed by atoms with Crippen LogP contribution in [0.1, 0.15) is 19.4 Å². The minimum Gasteiger partial charge on any atom is -0.380 e. The van der Waals surface area contributed by atoms with E-state index < -0.39 is 0 Å². The number of benzene rings is 1. The molecule has 20 heavy (non-hydrogen) atoms. The van der Waals surface area contributed by atoms with E-state index in [1.165, 1.54) is 0 Å². The lowest BCUT2D eigenvalue weighted by Crippen LogP contribution is -2.30. The molecule has 0 aliphatic rings. The number of rotatable bonds is 6. The second-order valence-electron chi connectivity index (χ2n) is 4.88. The largest absolute Gasteiger partial charge is 0.380 e. The maximum Gasteiger partial charge on any atom is 0.193 e. The Bertz CT molecular complexity index is 436. The molecule has 3 N–H and O–H groups in total. The van der Waals surface area contributed by atoms with Gasteiger partial charge in [0.15, 0.2) is 5.96 Å². The van der Waals surface area contributed by atoms with E-state index in [0.29, 0.717) is 19.1 Å². The molecule has 0 fully saturated rings. The van der Waals surface area contributed by atoms with Crippen LogP contribution in [-0.4, -0.2) is 32.3 Å². The van der Waals surface area contributed by atoms with E-state index >= 15 is 0 Å². The number of halogens is 1. The van der Waals surface area contributed by atoms with Gasteiger partial charge in [0.05, 0.1) is 18.8 Å². The van der Waals surface area contributed by atoms with Gasteiger partial charge in [-0.15, -0.1) is 24.0 Å². The number of nitrogens with two attached hydrogens (primary N) is 1. The molecule has 0 unspecified atom stereocenters. The fraction of sp³-hybridized carbons (Fsp3) is 0.500. The highest BCUT2D eigenvalue weighted by atomic mass is 127. The number of para-hydroxylation sites is 1. The molecule has 0 radical (unpaired) electrons. The number of guanidine groups is 1. The van der Waals surface area contributed by atoms with Crippen molar-refractivity contribution in [1.29, 1.82) is 0 Å². The van der Waals surface area contributed by atoms with Crippen LogP contribution in [0.25, 0.3) is 0 Å². The molecule has 1 aromatic rings. The second-order valence-corrected chi connectivity index (χ2v) is 4.88. The number of ether oxygens (including phenoxy) is 2. The van der Waals surface area contributed by atoms with Crippen LogP contribution in [0.5, 0.6) is 0 Å². The fourth-order valence-electron chi connectivity index (χ4n) is 1.44. The second kappa shape index (κ2) is 9.15. The molecule has 0 aromatic heterocycles. The normalized spacial score (nSPS) is 11.9. The molecule has 0 saturated heterocycles. The molecule has 0 heterocycles. The van der Waals surface area contributed by atoms with Crippen LogP contribution in [0.4, 0.5) is 5.69 Å². The smallest absolute Gasteiger partial charge is 0.193 e. The van der Waals surface area contributed by atoms with Gasteiger partial charge in [0.25, 0.3) is 0 Å². The first kappa shape index (κ1) is 19.1. The summed E-state index contributed by atoms with van der Waals surface area (Å²) in [7, 11) is 3.32. The Hall–Kier alpha value is -0.860. The van der Waals surface area contributed by atoms with E-state index in [1.807, 2.05) is 38.1 Å². The van der Waals surface area contributed by atoms with Crippen molar-refractivity contribution in [3.8, 4) is 0 Å². The molecule has 1 aromatic carbocycles. The molecule has 0 aliphatic heterocycles. The molecular formula is C14H24IN3O2. The van der Waals surface area contributed by atoms with E-state index in [4.69, 9.17) is 15.2 Å². The number of aliphatic imine (C=N–C) groups is 1. The molecule has 0 spiro atoms. The van der Waals surface area contributed by atoms with Gasteiger partial charge < -0.3 is 20.5 Å². The number of nitrogens with zero attached hydrogens (tertiary/aromatic N) is 1. The Morgan fingerprint density at radius 1 is 1.30 bits per heavy atom. The van der Waals surface area contributed by atoms with Crippen molar-refractivity contribution in [2.45, 2.75) is 26.1 Å². The van der Waals surface area contributed by atoms with Crippen molar-refractivity contribution in [3.05, 3.63) is 29.8 Å². The van der Waals surface area contributed by atoms with E-state index in [0.717, 1.165) is 11.3 Å². The summed E-state index contributed by atoms with van der Waals surface area (Å²) in [4.78, 5) is 4.28. The number of nitrogens with one attached hydrogen (secondary N) is 1. The van der Waals surface area contributed by atoms with Crippen LogP contribution in [-0.2, 0) is 16.1 Å². The Morgan fingerprint density at radius 3 is 2.55 bits per heavy atom. The van der Waals surface area contributed by atoms with Crippen LogP contribution in [0, 0.1) is 0 Å². The average Bonchev–Trinajstić information content (AvgIpc) is 2.39. The van der Waals surface area contributed by atoms with Gasteiger partial charge in [-0.05, 0) is 19.9 Å². The summed E-state index contributed by atoms with van der Waals surface area (Å²) in [6.45, 7) is 4.94. The van der Waals surface area contributed by atoms with E-state index in [-0.39, 0.29) is 29.6 Å². The summed E-state index contributed by atoms with van der Waals surface area (Å²) >= 11 is 0. The predicted octanol–water partition coefficient (Wildman–Crippen LogP) is 2.60.